The Morgan fingerprint density at radius 2 is 1.76 bits per heavy atom. The van der Waals surface area contributed by atoms with Crippen LogP contribution >= 0.6 is 0 Å². The minimum Gasteiger partial charge on any atom is -0.493 e. The molecule has 0 radical (unpaired) electrons. The average molecular weight is 383 g/mol. The summed E-state index contributed by atoms with van der Waals surface area (Å²) in [5.41, 5.74) is 3.68. The van der Waals surface area contributed by atoms with Crippen LogP contribution < -0.4 is 15.3 Å². The third kappa shape index (κ3) is 2.82. The van der Waals surface area contributed by atoms with Crippen molar-refractivity contribution in [3.8, 4) is 17.2 Å². The van der Waals surface area contributed by atoms with Gasteiger partial charge in [-0.15, -0.1) is 4.59 Å². The third-order valence-corrected chi connectivity index (χ3v) is 5.03. The number of rotatable bonds is 5. The van der Waals surface area contributed by atoms with Crippen LogP contribution in [-0.2, 0) is 0 Å². The molecule has 0 spiro atoms. The maximum atomic E-state index is 6.72. The molecule has 6 nitrogen and oxygen atoms in total. The van der Waals surface area contributed by atoms with E-state index in [1.54, 1.807) is 19.5 Å². The molecule has 2 aromatic carbocycles. The molecule has 1 atom stereocenters. The molecule has 6 heteroatoms. The van der Waals surface area contributed by atoms with Crippen molar-refractivity contribution in [3.63, 3.8) is 0 Å². The zero-order chi connectivity index (χ0) is 19.8. The Labute approximate surface area is 168 Å². The lowest BCUT2D eigenvalue weighted by molar-refractivity contribution is -0.750. The molecule has 5 rings (SSSR count). The molecular formula is C23H19N4O2+. The van der Waals surface area contributed by atoms with Gasteiger partial charge in [-0.05, 0) is 36.4 Å². The second-order valence-electron chi connectivity index (χ2n) is 6.78. The summed E-state index contributed by atoms with van der Waals surface area (Å²) in [5, 5.41) is 0. The highest BCUT2D eigenvalue weighted by Gasteiger charge is 2.44. The summed E-state index contributed by atoms with van der Waals surface area (Å²) in [7, 11) is 1.62. The highest BCUT2D eigenvalue weighted by molar-refractivity contribution is 6.01. The number of nitrogens with zero attached hydrogens (tertiary/aromatic N) is 3. The standard InChI is InChI=1S/C23H19N4O2/c1-28-20-7-2-3-8-21(20)29-18-11-9-17(10-12-18)23-26-22(16-5-4-6-16)19-15-25-13-14-27(19,23)24/h2-15H,24H2,1H3/q+1. The molecule has 2 heterocycles. The molecule has 0 bridgehead atoms. The maximum absolute atomic E-state index is 6.72. The van der Waals surface area contributed by atoms with Gasteiger partial charge in [0.05, 0.1) is 25.1 Å². The van der Waals surface area contributed by atoms with E-state index in [1.165, 1.54) is 0 Å². The van der Waals surface area contributed by atoms with E-state index >= 15 is 0 Å². The number of para-hydroxylation sites is 2. The summed E-state index contributed by atoms with van der Waals surface area (Å²) in [6.07, 6.45) is 11.3. The quantitative estimate of drug-likeness (QED) is 0.621. The monoisotopic (exact) mass is 383 g/mol. The van der Waals surface area contributed by atoms with Crippen LogP contribution in [0.5, 0.6) is 17.2 Å². The summed E-state index contributed by atoms with van der Waals surface area (Å²) in [6, 6.07) is 15.3. The fraction of sp³-hybridized carbons (Fsp3) is 0.0435. The van der Waals surface area contributed by atoms with Crippen molar-refractivity contribution in [2.75, 3.05) is 7.11 Å². The molecule has 29 heavy (non-hydrogen) atoms. The van der Waals surface area contributed by atoms with Crippen molar-refractivity contribution in [3.05, 3.63) is 102 Å². The van der Waals surface area contributed by atoms with Gasteiger partial charge in [0, 0.05) is 5.57 Å². The van der Waals surface area contributed by atoms with Gasteiger partial charge in [0.2, 0.25) is 5.70 Å². The van der Waals surface area contributed by atoms with Gasteiger partial charge in [0.15, 0.2) is 11.5 Å². The Morgan fingerprint density at radius 3 is 2.45 bits per heavy atom. The van der Waals surface area contributed by atoms with Crippen LogP contribution in [0.2, 0.25) is 0 Å². The Balaban J connectivity index is 1.46. The lowest BCUT2D eigenvalue weighted by Crippen LogP contribution is -2.53. The van der Waals surface area contributed by atoms with Crippen LogP contribution in [0.1, 0.15) is 5.56 Å². The average Bonchev–Trinajstić information content (AvgIpc) is 3.01. The molecular weight excluding hydrogens is 364 g/mol. The maximum Gasteiger partial charge on any atom is 0.265 e. The third-order valence-electron chi connectivity index (χ3n) is 5.03. The van der Waals surface area contributed by atoms with Gasteiger partial charge in [-0.2, -0.15) is 10.8 Å². The molecule has 1 unspecified atom stereocenters. The molecule has 142 valence electrons. The van der Waals surface area contributed by atoms with E-state index in [2.05, 4.69) is 4.99 Å². The summed E-state index contributed by atoms with van der Waals surface area (Å²) in [4.78, 5) is 9.10. The van der Waals surface area contributed by atoms with Crippen molar-refractivity contribution in [2.24, 2.45) is 15.8 Å². The molecule has 0 saturated heterocycles. The van der Waals surface area contributed by atoms with Crippen molar-refractivity contribution in [1.82, 2.24) is 0 Å². The lowest BCUT2D eigenvalue weighted by Gasteiger charge is -2.26. The Kier molecular flexibility index (Phi) is 4.01. The Hall–Kier alpha value is -3.74. The smallest absolute Gasteiger partial charge is 0.265 e. The van der Waals surface area contributed by atoms with E-state index in [9.17, 15) is 0 Å². The lowest BCUT2D eigenvalue weighted by atomic mass is 10.0. The highest BCUT2D eigenvalue weighted by atomic mass is 16.5. The second-order valence-corrected chi connectivity index (χ2v) is 6.78. The minimum absolute atomic E-state index is 0.00325. The van der Waals surface area contributed by atoms with E-state index < -0.39 is 0 Å². The summed E-state index contributed by atoms with van der Waals surface area (Å²) in [6.45, 7) is 0. The molecule has 0 fully saturated rings. The number of aliphatic imine (C=N–C) groups is 2. The van der Waals surface area contributed by atoms with Gasteiger partial charge in [0.25, 0.3) is 5.84 Å². The van der Waals surface area contributed by atoms with E-state index in [0.29, 0.717) is 17.2 Å². The van der Waals surface area contributed by atoms with Gasteiger partial charge in [0.1, 0.15) is 17.6 Å². The first-order valence-electron chi connectivity index (χ1n) is 9.21. The topological polar surface area (TPSA) is 69.2 Å². The number of amidine groups is 1. The number of hydrogen-bond acceptors (Lipinski definition) is 5. The molecule has 0 saturated carbocycles. The molecule has 2 aromatic rings. The molecule has 2 aliphatic heterocycles. The van der Waals surface area contributed by atoms with Crippen molar-refractivity contribution >= 4 is 12.1 Å². The first kappa shape index (κ1) is 17.4. The predicted octanol–water partition coefficient (Wildman–Crippen LogP) is 4.20. The van der Waals surface area contributed by atoms with Gasteiger partial charge in [-0.3, -0.25) is 4.99 Å². The van der Waals surface area contributed by atoms with Crippen LogP contribution in [0.3, 0.4) is 0 Å². The largest absolute Gasteiger partial charge is 0.493 e. The van der Waals surface area contributed by atoms with E-state index in [4.69, 9.17) is 20.3 Å². The van der Waals surface area contributed by atoms with E-state index in [1.807, 2.05) is 73.0 Å². The van der Waals surface area contributed by atoms with Crippen LogP contribution in [0.15, 0.2) is 106 Å². The van der Waals surface area contributed by atoms with E-state index in [-0.39, 0.29) is 4.59 Å². The number of allylic oxidation sites excluding steroid dienone is 4. The van der Waals surface area contributed by atoms with Crippen LogP contribution in [0, 0.1) is 0 Å². The second kappa shape index (κ2) is 6.70. The van der Waals surface area contributed by atoms with Crippen molar-refractivity contribution < 1.29 is 14.1 Å². The van der Waals surface area contributed by atoms with Gasteiger partial charge in [-0.1, -0.05) is 30.4 Å². The molecule has 0 amide bonds. The number of fused-ring (bicyclic) bond motifs is 1. The minimum atomic E-state index is -0.00325. The van der Waals surface area contributed by atoms with Crippen LogP contribution in [0.4, 0.5) is 0 Å². The summed E-state index contributed by atoms with van der Waals surface area (Å²) >= 11 is 0. The van der Waals surface area contributed by atoms with Crippen molar-refractivity contribution in [2.45, 2.75) is 0 Å². The Bertz CT molecular complexity index is 1170. The molecule has 0 aromatic heterocycles. The van der Waals surface area contributed by atoms with Crippen molar-refractivity contribution in [1.29, 1.82) is 0 Å². The first-order chi connectivity index (χ1) is 14.2. The number of methoxy groups -OCH3 is 1. The fourth-order valence-electron chi connectivity index (χ4n) is 3.44. The van der Waals surface area contributed by atoms with Gasteiger partial charge >= 0.3 is 0 Å². The fourth-order valence-corrected chi connectivity index (χ4v) is 3.44. The zero-order valence-electron chi connectivity index (χ0n) is 15.8. The molecule has 3 aliphatic rings. The number of ether oxygens (including phenoxy) is 2. The zero-order valence-corrected chi connectivity index (χ0v) is 15.8. The number of quaternary nitrogens is 1. The summed E-state index contributed by atoms with van der Waals surface area (Å²) < 4.78 is 11.3. The van der Waals surface area contributed by atoms with Gasteiger partial charge < -0.3 is 9.47 Å². The van der Waals surface area contributed by atoms with E-state index in [0.717, 1.165) is 28.4 Å². The normalized spacial score (nSPS) is 21.4. The van der Waals surface area contributed by atoms with Crippen LogP contribution in [-0.4, -0.2) is 23.8 Å². The van der Waals surface area contributed by atoms with Gasteiger partial charge in [-0.25, -0.2) is 0 Å². The summed E-state index contributed by atoms with van der Waals surface area (Å²) in [5.74, 6) is 9.50. The number of nitrogens with two attached hydrogens (primary N) is 1. The first-order valence-corrected chi connectivity index (χ1v) is 9.21. The van der Waals surface area contributed by atoms with Crippen LogP contribution in [0.25, 0.3) is 0 Å². The number of benzene rings is 2. The highest BCUT2D eigenvalue weighted by Crippen LogP contribution is 2.37. The SMILES string of the molecule is COc1ccccc1Oc1ccc(C2=NC(C3=CC=C3)=C3C=NC=C[N+]23N)cc1. The predicted molar refractivity (Wildman–Crippen MR) is 112 cm³/mol. The molecule has 1 aliphatic carbocycles. The molecule has 2 N–H and O–H groups in total. The number of hydrogen-bond donors (Lipinski definition) is 1. The Morgan fingerprint density at radius 1 is 1.00 bits per heavy atom.